The van der Waals surface area contributed by atoms with Crippen molar-refractivity contribution in [3.8, 4) is 0 Å². The number of hydrogen-bond donors (Lipinski definition) is 4. The maximum Gasteiger partial charge on any atom is 0.256 e. The quantitative estimate of drug-likeness (QED) is 0.317. The number of carbonyl (C=O) groups is 1. The Labute approximate surface area is 62.8 Å². The molecule has 0 aliphatic heterocycles. The van der Waals surface area contributed by atoms with E-state index >= 15 is 0 Å². The molecule has 1 aliphatic rings. The Bertz CT molecular complexity index is 215. The lowest BCUT2D eigenvalue weighted by atomic mass is 9.99. The second kappa shape index (κ2) is 2.30. The summed E-state index contributed by atoms with van der Waals surface area (Å²) in [5, 5.41) is 27.1. The fourth-order valence-corrected chi connectivity index (χ4v) is 0.937. The van der Waals surface area contributed by atoms with E-state index in [4.69, 9.17) is 15.9 Å². The molecule has 62 valence electrons. The van der Waals surface area contributed by atoms with Crippen molar-refractivity contribution >= 4 is 5.91 Å². The van der Waals surface area contributed by atoms with Gasteiger partial charge in [0.15, 0.2) is 5.60 Å². The Morgan fingerprint density at radius 2 is 2.09 bits per heavy atom. The van der Waals surface area contributed by atoms with Crippen LogP contribution in [0, 0.1) is 0 Å². The standard InChI is InChI=1S/C6H9NO4/c7-5(10)6(11)2-1-3(8)4(6)9/h1-4,8-9,11H,(H2,7,10)/t3-,4+,6-/m0/s1. The van der Waals surface area contributed by atoms with Gasteiger partial charge in [-0.3, -0.25) is 4.79 Å². The van der Waals surface area contributed by atoms with E-state index in [0.717, 1.165) is 12.2 Å². The summed E-state index contributed by atoms with van der Waals surface area (Å²) in [7, 11) is 0. The van der Waals surface area contributed by atoms with Crippen molar-refractivity contribution in [2.75, 3.05) is 0 Å². The number of hydrogen-bond acceptors (Lipinski definition) is 4. The summed E-state index contributed by atoms with van der Waals surface area (Å²) in [6.07, 6.45) is -0.674. The van der Waals surface area contributed by atoms with Gasteiger partial charge in [0.25, 0.3) is 5.91 Å². The molecule has 11 heavy (non-hydrogen) atoms. The maximum absolute atomic E-state index is 10.5. The van der Waals surface area contributed by atoms with Crippen molar-refractivity contribution in [2.24, 2.45) is 5.73 Å². The van der Waals surface area contributed by atoms with Crippen LogP contribution in [-0.2, 0) is 4.79 Å². The lowest BCUT2D eigenvalue weighted by Gasteiger charge is -2.22. The zero-order chi connectivity index (χ0) is 8.65. The zero-order valence-corrected chi connectivity index (χ0v) is 5.64. The molecule has 0 aromatic carbocycles. The topological polar surface area (TPSA) is 104 Å². The average Bonchev–Trinajstić information content (AvgIpc) is 2.18. The molecule has 0 aromatic rings. The van der Waals surface area contributed by atoms with Crippen LogP contribution in [0.2, 0.25) is 0 Å². The molecule has 0 spiro atoms. The number of nitrogens with two attached hydrogens (primary N) is 1. The molecule has 0 heterocycles. The molecular weight excluding hydrogens is 150 g/mol. The van der Waals surface area contributed by atoms with Crippen molar-refractivity contribution in [3.05, 3.63) is 12.2 Å². The Kier molecular flexibility index (Phi) is 1.71. The van der Waals surface area contributed by atoms with Gasteiger partial charge in [0.1, 0.15) is 12.2 Å². The number of amides is 1. The summed E-state index contributed by atoms with van der Waals surface area (Å²) >= 11 is 0. The van der Waals surface area contributed by atoms with Crippen molar-refractivity contribution in [2.45, 2.75) is 17.8 Å². The monoisotopic (exact) mass is 159 g/mol. The van der Waals surface area contributed by atoms with Gasteiger partial charge in [0.05, 0.1) is 0 Å². The molecule has 1 aliphatic carbocycles. The number of rotatable bonds is 1. The van der Waals surface area contributed by atoms with Crippen LogP contribution in [0.1, 0.15) is 0 Å². The van der Waals surface area contributed by atoms with E-state index in [2.05, 4.69) is 0 Å². The first-order chi connectivity index (χ1) is 4.98. The molecule has 0 fully saturated rings. The SMILES string of the molecule is NC(=O)[C@]1(O)C=C[C@H](O)[C@H]1O. The van der Waals surface area contributed by atoms with Crippen molar-refractivity contribution in [1.82, 2.24) is 0 Å². The normalized spacial score (nSPS) is 42.8. The second-order valence-corrected chi connectivity index (χ2v) is 2.48. The third kappa shape index (κ3) is 1.03. The Morgan fingerprint density at radius 1 is 1.55 bits per heavy atom. The highest BCUT2D eigenvalue weighted by atomic mass is 16.4. The van der Waals surface area contributed by atoms with Gasteiger partial charge in [-0.2, -0.15) is 0 Å². The third-order valence-corrected chi connectivity index (χ3v) is 1.72. The van der Waals surface area contributed by atoms with Crippen molar-refractivity contribution in [1.29, 1.82) is 0 Å². The average molecular weight is 159 g/mol. The summed E-state index contributed by atoms with van der Waals surface area (Å²) in [6, 6.07) is 0. The Morgan fingerprint density at radius 3 is 2.27 bits per heavy atom. The molecule has 0 saturated carbocycles. The molecule has 5 heteroatoms. The fourth-order valence-electron chi connectivity index (χ4n) is 0.937. The van der Waals surface area contributed by atoms with E-state index in [1.165, 1.54) is 0 Å². The minimum atomic E-state index is -2.11. The molecule has 1 amide bonds. The van der Waals surface area contributed by atoms with Gasteiger partial charge in [-0.15, -0.1) is 0 Å². The predicted octanol–water partition coefficient (Wildman–Crippen LogP) is -2.51. The van der Waals surface area contributed by atoms with Crippen LogP contribution in [0.25, 0.3) is 0 Å². The molecule has 0 radical (unpaired) electrons. The van der Waals surface area contributed by atoms with Gasteiger partial charge in [-0.05, 0) is 6.08 Å². The lowest BCUT2D eigenvalue weighted by Crippen LogP contribution is -2.52. The molecule has 0 saturated heterocycles. The molecule has 0 aromatic heterocycles. The first-order valence-corrected chi connectivity index (χ1v) is 3.06. The van der Waals surface area contributed by atoms with Crippen molar-refractivity contribution < 1.29 is 20.1 Å². The van der Waals surface area contributed by atoms with Crippen molar-refractivity contribution in [3.63, 3.8) is 0 Å². The summed E-state index contributed by atoms with van der Waals surface area (Å²) in [6.45, 7) is 0. The highest BCUT2D eigenvalue weighted by Crippen LogP contribution is 2.22. The third-order valence-electron chi connectivity index (χ3n) is 1.72. The smallest absolute Gasteiger partial charge is 0.256 e. The van der Waals surface area contributed by atoms with E-state index in [9.17, 15) is 9.90 Å². The first-order valence-electron chi connectivity index (χ1n) is 3.06. The van der Waals surface area contributed by atoms with Crippen LogP contribution >= 0.6 is 0 Å². The van der Waals surface area contributed by atoms with Crippen LogP contribution in [0.5, 0.6) is 0 Å². The first kappa shape index (κ1) is 8.19. The molecule has 0 bridgehead atoms. The van der Waals surface area contributed by atoms with E-state index in [1.807, 2.05) is 0 Å². The largest absolute Gasteiger partial charge is 0.386 e. The summed E-state index contributed by atoms with van der Waals surface area (Å²) in [4.78, 5) is 10.5. The van der Waals surface area contributed by atoms with Crippen LogP contribution in [0.4, 0.5) is 0 Å². The lowest BCUT2D eigenvalue weighted by molar-refractivity contribution is -0.144. The Balaban J connectivity index is 2.90. The summed E-state index contributed by atoms with van der Waals surface area (Å²) < 4.78 is 0. The summed E-state index contributed by atoms with van der Waals surface area (Å²) in [5.41, 5.74) is 2.66. The van der Waals surface area contributed by atoms with E-state index in [0.29, 0.717) is 0 Å². The maximum atomic E-state index is 10.5. The van der Waals surface area contributed by atoms with Gasteiger partial charge < -0.3 is 21.1 Å². The van der Waals surface area contributed by atoms with E-state index in [1.54, 1.807) is 0 Å². The van der Waals surface area contributed by atoms with Gasteiger partial charge in [-0.25, -0.2) is 0 Å². The molecular formula is C6H9NO4. The minimum absolute atomic E-state index is 0.991. The van der Waals surface area contributed by atoms with Crippen LogP contribution in [0.15, 0.2) is 12.2 Å². The number of primary amides is 1. The number of carbonyl (C=O) groups excluding carboxylic acids is 1. The zero-order valence-electron chi connectivity index (χ0n) is 5.64. The van der Waals surface area contributed by atoms with Gasteiger partial charge in [0, 0.05) is 0 Å². The van der Waals surface area contributed by atoms with Crippen LogP contribution < -0.4 is 5.73 Å². The molecule has 3 atom stereocenters. The van der Waals surface area contributed by atoms with E-state index < -0.39 is 23.7 Å². The minimum Gasteiger partial charge on any atom is -0.386 e. The molecule has 0 unspecified atom stereocenters. The van der Waals surface area contributed by atoms with Crippen LogP contribution in [-0.4, -0.2) is 39.0 Å². The predicted molar refractivity (Wildman–Crippen MR) is 35.3 cm³/mol. The highest BCUT2D eigenvalue weighted by Gasteiger charge is 2.46. The van der Waals surface area contributed by atoms with Gasteiger partial charge >= 0.3 is 0 Å². The number of aliphatic hydroxyl groups is 3. The fraction of sp³-hybridized carbons (Fsp3) is 0.500. The highest BCUT2D eigenvalue weighted by molar-refractivity contribution is 5.87. The second-order valence-electron chi connectivity index (χ2n) is 2.48. The van der Waals surface area contributed by atoms with Crippen LogP contribution in [0.3, 0.4) is 0 Å². The van der Waals surface area contributed by atoms with Gasteiger partial charge in [-0.1, -0.05) is 6.08 Å². The molecule has 5 nitrogen and oxygen atoms in total. The Hall–Kier alpha value is -0.910. The summed E-state index contributed by atoms with van der Waals surface area (Å²) in [5.74, 6) is -1.07. The molecule has 1 rings (SSSR count). The van der Waals surface area contributed by atoms with E-state index in [-0.39, 0.29) is 0 Å². The number of aliphatic hydroxyl groups excluding tert-OH is 2. The van der Waals surface area contributed by atoms with Gasteiger partial charge in [0.2, 0.25) is 0 Å². The molecule has 5 N–H and O–H groups in total.